The quantitative estimate of drug-likeness (QED) is 0.744. The molecule has 25 heavy (non-hydrogen) atoms. The summed E-state index contributed by atoms with van der Waals surface area (Å²) in [6, 6.07) is 9.07. The molecule has 0 radical (unpaired) electrons. The molecule has 1 aliphatic rings. The number of hydrogen-bond donors (Lipinski definition) is 1. The van der Waals surface area contributed by atoms with Crippen molar-refractivity contribution in [1.29, 1.82) is 0 Å². The molecule has 1 N–H and O–H groups in total. The highest BCUT2D eigenvalue weighted by atomic mass is 32.2. The average molecular weight is 375 g/mol. The van der Waals surface area contributed by atoms with Gasteiger partial charge in [0.1, 0.15) is 5.01 Å². The number of carbonyl (C=O) groups is 1. The second-order valence-corrected chi connectivity index (χ2v) is 8.69. The molecule has 1 fully saturated rings. The normalized spacial score (nSPS) is 14.8. The maximum absolute atomic E-state index is 12.0. The second kappa shape index (κ2) is 8.86. The van der Waals surface area contributed by atoms with E-state index in [1.165, 1.54) is 28.8 Å². The molecule has 3 rings (SSSR count). The Balaban J connectivity index is 1.52. The van der Waals surface area contributed by atoms with Gasteiger partial charge in [0.05, 0.1) is 11.4 Å². The summed E-state index contributed by atoms with van der Waals surface area (Å²) in [6.45, 7) is 4.23. The van der Waals surface area contributed by atoms with Crippen molar-refractivity contribution in [2.45, 2.75) is 57.7 Å². The number of benzene rings is 1. The van der Waals surface area contributed by atoms with Crippen molar-refractivity contribution in [3.05, 3.63) is 40.4 Å². The van der Waals surface area contributed by atoms with Crippen molar-refractivity contribution in [3.8, 4) is 10.6 Å². The number of carbonyl (C=O) groups excluding carboxylic acids is 1. The molecule has 0 spiro atoms. The maximum atomic E-state index is 12.0. The topological polar surface area (TPSA) is 42.0 Å². The third-order valence-electron chi connectivity index (χ3n) is 4.69. The fraction of sp³-hybridized carbons (Fsp3) is 0.500. The summed E-state index contributed by atoms with van der Waals surface area (Å²) < 4.78 is 0. The van der Waals surface area contributed by atoms with Gasteiger partial charge in [-0.15, -0.1) is 23.1 Å². The SMILES string of the molecule is CCc1ccc(-c2nc(C)c(CSCC(=O)NC3CCCC3)s2)cc1. The minimum absolute atomic E-state index is 0.175. The fourth-order valence-electron chi connectivity index (χ4n) is 3.14. The average Bonchev–Trinajstić information content (AvgIpc) is 3.25. The minimum Gasteiger partial charge on any atom is -0.353 e. The first-order valence-electron chi connectivity index (χ1n) is 9.08. The number of nitrogens with one attached hydrogen (secondary N) is 1. The Morgan fingerprint density at radius 2 is 2.00 bits per heavy atom. The number of aromatic nitrogens is 1. The van der Waals surface area contributed by atoms with Crippen molar-refractivity contribution < 1.29 is 4.79 Å². The molecule has 1 heterocycles. The zero-order chi connectivity index (χ0) is 17.6. The standard InChI is InChI=1S/C20H26N2OS2/c1-3-15-8-10-16(11-9-15)20-21-14(2)18(25-20)12-24-13-19(23)22-17-6-4-5-7-17/h8-11,17H,3-7,12-13H2,1-2H3,(H,22,23). The van der Waals surface area contributed by atoms with Gasteiger partial charge in [-0.3, -0.25) is 4.79 Å². The van der Waals surface area contributed by atoms with Gasteiger partial charge in [-0.2, -0.15) is 0 Å². The van der Waals surface area contributed by atoms with E-state index in [0.717, 1.165) is 35.7 Å². The minimum atomic E-state index is 0.175. The predicted molar refractivity (Wildman–Crippen MR) is 108 cm³/mol. The zero-order valence-corrected chi connectivity index (χ0v) is 16.6. The van der Waals surface area contributed by atoms with Crippen LogP contribution in [0, 0.1) is 6.92 Å². The molecular formula is C20H26N2OS2. The lowest BCUT2D eigenvalue weighted by molar-refractivity contribution is -0.119. The van der Waals surface area contributed by atoms with E-state index in [2.05, 4.69) is 43.4 Å². The van der Waals surface area contributed by atoms with Crippen molar-refractivity contribution in [1.82, 2.24) is 10.3 Å². The highest BCUT2D eigenvalue weighted by Gasteiger charge is 2.17. The predicted octanol–water partition coefficient (Wildman–Crippen LogP) is 4.97. The van der Waals surface area contributed by atoms with Crippen LogP contribution in [0.4, 0.5) is 0 Å². The second-order valence-electron chi connectivity index (χ2n) is 6.62. The van der Waals surface area contributed by atoms with Crippen molar-refractivity contribution in [2.75, 3.05) is 5.75 Å². The lowest BCUT2D eigenvalue weighted by Crippen LogP contribution is -2.33. The molecule has 1 aromatic carbocycles. The van der Waals surface area contributed by atoms with Crippen LogP contribution in [0.5, 0.6) is 0 Å². The van der Waals surface area contributed by atoms with E-state index >= 15 is 0 Å². The van der Waals surface area contributed by atoms with Crippen LogP contribution in [0.15, 0.2) is 24.3 Å². The highest BCUT2D eigenvalue weighted by Crippen LogP contribution is 2.30. The molecule has 0 saturated heterocycles. The Kier molecular flexibility index (Phi) is 6.54. The summed E-state index contributed by atoms with van der Waals surface area (Å²) in [5.74, 6) is 1.57. The molecule has 2 aromatic rings. The largest absolute Gasteiger partial charge is 0.353 e. The van der Waals surface area contributed by atoms with E-state index in [-0.39, 0.29) is 5.91 Å². The monoisotopic (exact) mass is 374 g/mol. The Hall–Kier alpha value is -1.33. The van der Waals surface area contributed by atoms with Crippen LogP contribution in [-0.2, 0) is 17.0 Å². The summed E-state index contributed by atoms with van der Waals surface area (Å²) in [4.78, 5) is 18.0. The Bertz CT molecular complexity index is 703. The van der Waals surface area contributed by atoms with Gasteiger partial charge in [0.2, 0.25) is 5.91 Å². The van der Waals surface area contributed by atoms with Crippen molar-refractivity contribution in [3.63, 3.8) is 0 Å². The molecule has 0 unspecified atom stereocenters. The number of hydrogen-bond acceptors (Lipinski definition) is 4. The first-order valence-corrected chi connectivity index (χ1v) is 11.1. The molecule has 3 nitrogen and oxygen atoms in total. The molecule has 1 amide bonds. The number of aryl methyl sites for hydroxylation is 2. The molecule has 0 atom stereocenters. The molecule has 1 aromatic heterocycles. The van der Waals surface area contributed by atoms with E-state index < -0.39 is 0 Å². The van der Waals surface area contributed by atoms with Gasteiger partial charge in [0, 0.05) is 22.2 Å². The number of amides is 1. The van der Waals surface area contributed by atoms with Crippen LogP contribution in [0.1, 0.15) is 48.7 Å². The van der Waals surface area contributed by atoms with Crippen LogP contribution in [0.2, 0.25) is 0 Å². The van der Waals surface area contributed by atoms with Gasteiger partial charge in [-0.05, 0) is 31.7 Å². The Labute approximate surface area is 158 Å². The van der Waals surface area contributed by atoms with E-state index in [1.54, 1.807) is 23.1 Å². The van der Waals surface area contributed by atoms with E-state index in [0.29, 0.717) is 11.8 Å². The molecule has 1 aliphatic carbocycles. The van der Waals surface area contributed by atoms with E-state index in [1.807, 2.05) is 0 Å². The third kappa shape index (κ3) is 5.08. The third-order valence-corrected chi connectivity index (χ3v) is 7.04. The summed E-state index contributed by atoms with van der Waals surface area (Å²) in [6.07, 6.45) is 5.84. The molecule has 5 heteroatoms. The molecule has 134 valence electrons. The van der Waals surface area contributed by atoms with Crippen LogP contribution in [0.3, 0.4) is 0 Å². The van der Waals surface area contributed by atoms with Crippen LogP contribution < -0.4 is 5.32 Å². The molecular weight excluding hydrogens is 348 g/mol. The molecule has 0 bridgehead atoms. The number of thiazole rings is 1. The Morgan fingerprint density at radius 3 is 2.68 bits per heavy atom. The molecule has 1 saturated carbocycles. The van der Waals surface area contributed by atoms with Gasteiger partial charge in [0.15, 0.2) is 0 Å². The number of thioether (sulfide) groups is 1. The summed E-state index contributed by atoms with van der Waals surface area (Å²) >= 11 is 3.43. The Morgan fingerprint density at radius 1 is 1.28 bits per heavy atom. The van der Waals surface area contributed by atoms with Gasteiger partial charge in [0.25, 0.3) is 0 Å². The number of rotatable bonds is 7. The summed E-state index contributed by atoms with van der Waals surface area (Å²) in [5, 5.41) is 4.22. The summed E-state index contributed by atoms with van der Waals surface area (Å²) in [5.41, 5.74) is 3.62. The zero-order valence-electron chi connectivity index (χ0n) is 15.0. The fourth-order valence-corrected chi connectivity index (χ4v) is 5.26. The highest BCUT2D eigenvalue weighted by molar-refractivity contribution is 7.99. The van der Waals surface area contributed by atoms with E-state index in [4.69, 9.17) is 4.98 Å². The van der Waals surface area contributed by atoms with Crippen LogP contribution in [0.25, 0.3) is 10.6 Å². The van der Waals surface area contributed by atoms with Gasteiger partial charge < -0.3 is 5.32 Å². The van der Waals surface area contributed by atoms with Gasteiger partial charge >= 0.3 is 0 Å². The maximum Gasteiger partial charge on any atom is 0.230 e. The van der Waals surface area contributed by atoms with E-state index in [9.17, 15) is 4.79 Å². The van der Waals surface area contributed by atoms with Crippen LogP contribution in [-0.4, -0.2) is 22.7 Å². The first kappa shape index (κ1) is 18.5. The van der Waals surface area contributed by atoms with Gasteiger partial charge in [-0.25, -0.2) is 4.98 Å². The smallest absolute Gasteiger partial charge is 0.230 e. The van der Waals surface area contributed by atoms with Crippen molar-refractivity contribution in [2.24, 2.45) is 0 Å². The van der Waals surface area contributed by atoms with Crippen LogP contribution >= 0.6 is 23.1 Å². The van der Waals surface area contributed by atoms with Gasteiger partial charge in [-0.1, -0.05) is 44.0 Å². The number of nitrogens with zero attached hydrogens (tertiary/aromatic N) is 1. The lowest BCUT2D eigenvalue weighted by Gasteiger charge is -2.11. The van der Waals surface area contributed by atoms with Crippen molar-refractivity contribution >= 4 is 29.0 Å². The molecule has 0 aliphatic heterocycles. The summed E-state index contributed by atoms with van der Waals surface area (Å²) in [7, 11) is 0. The lowest BCUT2D eigenvalue weighted by atomic mass is 10.1. The first-order chi connectivity index (χ1) is 12.2.